The van der Waals surface area contributed by atoms with Crippen LogP contribution in [0, 0.1) is 5.21 Å². The number of benzene rings is 4. The molecule has 0 aliphatic carbocycles. The summed E-state index contributed by atoms with van der Waals surface area (Å²) in [5.41, 5.74) is 7.03. The molecule has 0 saturated heterocycles. The Bertz CT molecular complexity index is 2090. The van der Waals surface area contributed by atoms with Crippen molar-refractivity contribution in [2.75, 3.05) is 0 Å². The molecule has 0 unspecified atom stereocenters. The Labute approximate surface area is 284 Å². The first-order valence-corrected chi connectivity index (χ1v) is 13.8. The topological polar surface area (TPSA) is 213 Å². The van der Waals surface area contributed by atoms with Crippen molar-refractivity contribution >= 4 is 71.4 Å². The maximum Gasteiger partial charge on any atom is 0.0927 e. The molecule has 1 radical (unpaired) electrons. The summed E-state index contributed by atoms with van der Waals surface area (Å²) in [6, 6.07) is 31.8. The maximum atomic E-state index is 8.24. The summed E-state index contributed by atoms with van der Waals surface area (Å²) in [4.78, 5) is 39.3. The normalized spacial score (nSPS) is 11.0. The molecule has 2 aliphatic rings. The first kappa shape index (κ1) is 31.9. The fourth-order valence-corrected chi connectivity index (χ4v) is 5.46. The zero-order valence-electron chi connectivity index (χ0n) is 24.1. The van der Waals surface area contributed by atoms with Gasteiger partial charge >= 0.3 is 0 Å². The molecule has 5 N–H and O–H groups in total. The van der Waals surface area contributed by atoms with E-state index < -0.39 is 0 Å². The molecule has 7 aromatic rings. The Hall–Kier alpha value is -5.08. The number of nitrogens with one attached hydrogen (secondary N) is 2. The quantitative estimate of drug-likeness (QED) is 0.105. The van der Waals surface area contributed by atoms with Crippen LogP contribution in [0.15, 0.2) is 97.1 Å². The fourth-order valence-electron chi connectivity index (χ4n) is 5.46. The van der Waals surface area contributed by atoms with Crippen LogP contribution in [0.1, 0.15) is 0 Å². The Morgan fingerprint density at radius 2 is 0.638 bits per heavy atom. The molecule has 47 heavy (non-hydrogen) atoms. The fraction of sp³-hybridized carbons (Fsp3) is 0. The summed E-state index contributed by atoms with van der Waals surface area (Å²) in [6.45, 7) is 0. The van der Waals surface area contributed by atoms with Crippen molar-refractivity contribution in [3.05, 3.63) is 102 Å². The van der Waals surface area contributed by atoms with Gasteiger partial charge in [0.15, 0.2) is 0 Å². The molecular formula is C32H21N10O4Tl-3. The van der Waals surface area contributed by atoms with Crippen molar-refractivity contribution in [3.63, 3.8) is 0 Å². The second-order valence-corrected chi connectivity index (χ2v) is 9.86. The number of hydrogen-bond donors (Lipinski definition) is 5. The maximum absolute atomic E-state index is 8.24. The molecule has 14 nitrogen and oxygen atoms in total. The van der Waals surface area contributed by atoms with Gasteiger partial charge in [0.1, 0.15) is 0 Å². The van der Waals surface area contributed by atoms with Crippen LogP contribution in [0.4, 0.5) is 0 Å². The van der Waals surface area contributed by atoms with Gasteiger partial charge < -0.3 is 40.3 Å². The molecule has 9 rings (SSSR count). The van der Waals surface area contributed by atoms with Crippen LogP contribution >= 0.6 is 0 Å². The molecule has 0 spiro atoms. The average molecular weight is 814 g/mol. The number of nitrogens with zero attached hydrogens (tertiary/aromatic N) is 8. The molecule has 8 bridgehead atoms. The van der Waals surface area contributed by atoms with Crippen LogP contribution in [0.2, 0.25) is 0 Å². The van der Waals surface area contributed by atoms with Crippen molar-refractivity contribution in [3.8, 4) is 45.6 Å². The van der Waals surface area contributed by atoms with Crippen LogP contribution in [-0.2, 0) is 0 Å². The minimum Gasteiger partial charge on any atom is -0.765 e. The summed E-state index contributed by atoms with van der Waals surface area (Å²) in [7, 11) is 0. The number of aromatic nitrogens is 8. The van der Waals surface area contributed by atoms with Crippen molar-refractivity contribution in [1.82, 2.24) is 51.2 Å². The molecule has 0 saturated carbocycles. The summed E-state index contributed by atoms with van der Waals surface area (Å²) in [5.74, 6) is 2.21. The van der Waals surface area contributed by atoms with Gasteiger partial charge in [0.05, 0.1) is 23.3 Å². The minimum absolute atomic E-state index is 0. The van der Waals surface area contributed by atoms with Gasteiger partial charge in [-0.1, -0.05) is 103 Å². The van der Waals surface area contributed by atoms with Crippen LogP contribution < -0.4 is 21.3 Å². The van der Waals surface area contributed by atoms with Gasteiger partial charge in [-0.25, -0.2) is 9.97 Å². The Morgan fingerprint density at radius 3 is 0.872 bits per heavy atom. The third-order valence-electron chi connectivity index (χ3n) is 7.33. The monoisotopic (exact) mass is 814 g/mol. The van der Waals surface area contributed by atoms with E-state index in [0.29, 0.717) is 51.5 Å². The van der Waals surface area contributed by atoms with Crippen molar-refractivity contribution in [2.45, 2.75) is 0 Å². The zero-order valence-corrected chi connectivity index (χ0v) is 28.6. The van der Waals surface area contributed by atoms with E-state index >= 15 is 0 Å². The molecule has 5 heterocycles. The van der Waals surface area contributed by atoms with Gasteiger partial charge in [-0.05, 0) is 21.5 Å². The van der Waals surface area contributed by atoms with Gasteiger partial charge in [-0.3, -0.25) is 16.1 Å². The van der Waals surface area contributed by atoms with Crippen LogP contribution in [0.25, 0.3) is 89.7 Å². The molecule has 2 aliphatic heterocycles. The second kappa shape index (κ2) is 13.7. The van der Waals surface area contributed by atoms with E-state index in [4.69, 9.17) is 60.7 Å². The van der Waals surface area contributed by atoms with Crippen molar-refractivity contribution < 1.29 is 15.6 Å². The molecule has 0 atom stereocenters. The molecule has 0 fully saturated rings. The molecule has 229 valence electrons. The number of rotatable bonds is 0. The van der Waals surface area contributed by atoms with Gasteiger partial charge in [-0.2, -0.15) is 0 Å². The number of fused-ring (bicyclic) bond motifs is 20. The van der Waals surface area contributed by atoms with Gasteiger partial charge in [0.2, 0.25) is 0 Å². The SMILES string of the molecule is ONO.[O-]NO.[Tl].c1ccc2c(c1)-c1nc-2nc2[n-]c(nc3nc(nc4[n-]c(n1)c1ccccc41)-c1ccccc1-3)c1ccccc21. The van der Waals surface area contributed by atoms with E-state index in [1.807, 2.05) is 97.1 Å². The zero-order chi connectivity index (χ0) is 31.6. The summed E-state index contributed by atoms with van der Waals surface area (Å²) in [6.07, 6.45) is 0. The second-order valence-electron chi connectivity index (χ2n) is 9.86. The number of hydrogen-bond acceptors (Lipinski definition) is 12. The van der Waals surface area contributed by atoms with Crippen molar-refractivity contribution in [2.24, 2.45) is 0 Å². The smallest absolute Gasteiger partial charge is 0.0927 e. The molecule has 4 aromatic carbocycles. The average Bonchev–Trinajstić information content (AvgIpc) is 3.81. The van der Waals surface area contributed by atoms with E-state index in [1.165, 1.54) is 0 Å². The predicted molar refractivity (Wildman–Crippen MR) is 175 cm³/mol. The van der Waals surface area contributed by atoms with E-state index in [0.717, 1.165) is 49.4 Å². The van der Waals surface area contributed by atoms with Crippen LogP contribution in [0.5, 0.6) is 0 Å². The van der Waals surface area contributed by atoms with Gasteiger partial charge in [0.25, 0.3) is 0 Å². The molecular weight excluding hydrogens is 793 g/mol. The van der Waals surface area contributed by atoms with E-state index in [-0.39, 0.29) is 27.3 Å². The minimum atomic E-state index is 0. The third kappa shape index (κ3) is 5.85. The predicted octanol–water partition coefficient (Wildman–Crippen LogP) is 4.56. The summed E-state index contributed by atoms with van der Waals surface area (Å²) >= 11 is 0. The van der Waals surface area contributed by atoms with Crippen LogP contribution in [0.3, 0.4) is 0 Å². The van der Waals surface area contributed by atoms with Crippen LogP contribution in [-0.4, -0.2) is 72.8 Å². The first-order chi connectivity index (χ1) is 22.6. The third-order valence-corrected chi connectivity index (χ3v) is 7.33. The summed E-state index contributed by atoms with van der Waals surface area (Å²) < 4.78 is 0. The van der Waals surface area contributed by atoms with Gasteiger partial charge in [-0.15, -0.1) is 0 Å². The molecule has 15 heteroatoms. The Kier molecular flexibility index (Phi) is 9.31. The van der Waals surface area contributed by atoms with Crippen molar-refractivity contribution in [1.29, 1.82) is 0 Å². The first-order valence-electron chi connectivity index (χ1n) is 13.8. The molecule has 3 aromatic heterocycles. The summed E-state index contributed by atoms with van der Waals surface area (Å²) in [5, 5.41) is 32.3. The molecule has 0 amide bonds. The van der Waals surface area contributed by atoms with E-state index in [1.54, 1.807) is 0 Å². The Balaban J connectivity index is 0.000000516. The standard InChI is InChI=1S/C32H16N8.H3NO2.H2NO2.Tl/c1-2-10-18-17(9-1)25-33-26(18)38-28-21-13-5-6-14-22(21)30(35-28)40-32-24-16-8-7-15-23(24)31(36-32)39-29-20-12-4-3-11-19(20)27(34-29)37-25;2*2-1-3;/h1-16H;1-3H;1-2H;/q-2;;-1;. The van der Waals surface area contributed by atoms with Gasteiger partial charge in [0, 0.05) is 72.1 Å². The van der Waals surface area contributed by atoms with E-state index in [2.05, 4.69) is 0 Å². The Morgan fingerprint density at radius 1 is 0.426 bits per heavy atom. The van der Waals surface area contributed by atoms with E-state index in [9.17, 15) is 0 Å². The largest absolute Gasteiger partial charge is 0.765 e.